The number of carboxylic acid groups (broad SMARTS) is 1. The Labute approximate surface area is 122 Å². The number of thiophene rings is 1. The number of amides is 2. The molecule has 6 heteroatoms. The minimum absolute atomic E-state index is 0.00509. The molecule has 1 unspecified atom stereocenters. The van der Waals surface area contributed by atoms with Crippen molar-refractivity contribution in [3.8, 4) is 0 Å². The number of carbonyl (C=O) groups excluding carboxylic acids is 1. The Morgan fingerprint density at radius 1 is 1.50 bits per heavy atom. The number of hydrogen-bond acceptors (Lipinski definition) is 3. The van der Waals surface area contributed by atoms with Gasteiger partial charge in [0.15, 0.2) is 0 Å². The summed E-state index contributed by atoms with van der Waals surface area (Å²) in [6.07, 6.45) is 1.75. The molecule has 2 rings (SSSR count). The number of rotatable bonds is 4. The van der Waals surface area contributed by atoms with Crippen LogP contribution in [-0.2, 0) is 4.79 Å². The van der Waals surface area contributed by atoms with Crippen molar-refractivity contribution in [3.05, 3.63) is 22.4 Å². The average Bonchev–Trinajstić information content (AvgIpc) is 2.92. The van der Waals surface area contributed by atoms with Crippen molar-refractivity contribution in [2.75, 3.05) is 13.1 Å². The molecule has 1 aromatic rings. The predicted octanol–water partition coefficient (Wildman–Crippen LogP) is 2.71. The second-order valence-corrected chi connectivity index (χ2v) is 6.04. The second kappa shape index (κ2) is 6.74. The smallest absolute Gasteiger partial charge is 0.317 e. The molecule has 0 aliphatic carbocycles. The van der Waals surface area contributed by atoms with Gasteiger partial charge in [0.25, 0.3) is 0 Å². The lowest BCUT2D eigenvalue weighted by Crippen LogP contribution is -2.45. The van der Waals surface area contributed by atoms with E-state index in [2.05, 4.69) is 5.32 Å². The molecule has 0 bridgehead atoms. The molecule has 1 aliphatic rings. The van der Waals surface area contributed by atoms with Crippen LogP contribution in [-0.4, -0.2) is 35.1 Å². The average molecular weight is 296 g/mol. The zero-order chi connectivity index (χ0) is 14.5. The summed E-state index contributed by atoms with van der Waals surface area (Å²) in [7, 11) is 0. The molecule has 0 saturated carbocycles. The maximum Gasteiger partial charge on any atom is 0.317 e. The highest BCUT2D eigenvalue weighted by Gasteiger charge is 2.25. The number of hydrogen-bond donors (Lipinski definition) is 2. The van der Waals surface area contributed by atoms with Crippen molar-refractivity contribution in [2.24, 2.45) is 5.92 Å². The Bertz CT molecular complexity index is 453. The number of nitrogens with zero attached hydrogens (tertiary/aromatic N) is 1. The van der Waals surface area contributed by atoms with Crippen molar-refractivity contribution in [1.82, 2.24) is 10.2 Å². The lowest BCUT2D eigenvalue weighted by Gasteiger charge is -2.32. The third-order valence-corrected chi connectivity index (χ3v) is 4.45. The van der Waals surface area contributed by atoms with Crippen LogP contribution in [0.2, 0.25) is 0 Å². The van der Waals surface area contributed by atoms with Crippen LogP contribution in [0.1, 0.15) is 37.8 Å². The Kier molecular flexibility index (Phi) is 5.00. The molecule has 0 aromatic carbocycles. The van der Waals surface area contributed by atoms with E-state index < -0.39 is 5.97 Å². The molecule has 1 fully saturated rings. The Morgan fingerprint density at radius 3 is 2.75 bits per heavy atom. The second-order valence-electron chi connectivity index (χ2n) is 5.26. The molecule has 2 N–H and O–H groups in total. The summed E-state index contributed by atoms with van der Waals surface area (Å²) in [6, 6.07) is 1.96. The van der Waals surface area contributed by atoms with Crippen molar-refractivity contribution in [1.29, 1.82) is 0 Å². The Balaban J connectivity index is 1.78. The number of piperidine rings is 1. The van der Waals surface area contributed by atoms with Crippen LogP contribution in [0.3, 0.4) is 0 Å². The van der Waals surface area contributed by atoms with E-state index in [1.807, 2.05) is 23.8 Å². The largest absolute Gasteiger partial charge is 0.481 e. The fourth-order valence-corrected chi connectivity index (χ4v) is 3.22. The van der Waals surface area contributed by atoms with Crippen LogP contribution in [0.5, 0.6) is 0 Å². The van der Waals surface area contributed by atoms with Crippen molar-refractivity contribution < 1.29 is 14.7 Å². The number of carboxylic acids is 1. The van der Waals surface area contributed by atoms with E-state index in [9.17, 15) is 9.59 Å². The molecule has 1 atom stereocenters. The van der Waals surface area contributed by atoms with Gasteiger partial charge in [-0.25, -0.2) is 4.79 Å². The predicted molar refractivity (Wildman–Crippen MR) is 77.8 cm³/mol. The molecule has 110 valence electrons. The summed E-state index contributed by atoms with van der Waals surface area (Å²) in [6.45, 7) is 3.25. The number of carbonyl (C=O) groups is 2. The Hall–Kier alpha value is -1.56. The van der Waals surface area contributed by atoms with Gasteiger partial charge in [-0.05, 0) is 48.1 Å². The van der Waals surface area contributed by atoms with Crippen LogP contribution in [0.4, 0.5) is 4.79 Å². The number of aliphatic carboxylic acids is 1. The lowest BCUT2D eigenvalue weighted by molar-refractivity contribution is -0.138. The monoisotopic (exact) mass is 296 g/mol. The summed E-state index contributed by atoms with van der Waals surface area (Å²) in [4.78, 5) is 24.6. The van der Waals surface area contributed by atoms with Gasteiger partial charge < -0.3 is 15.3 Å². The van der Waals surface area contributed by atoms with Gasteiger partial charge in [-0.1, -0.05) is 0 Å². The fourth-order valence-electron chi connectivity index (χ4n) is 2.47. The quantitative estimate of drug-likeness (QED) is 0.897. The van der Waals surface area contributed by atoms with Crippen LogP contribution < -0.4 is 5.32 Å². The third kappa shape index (κ3) is 3.96. The van der Waals surface area contributed by atoms with E-state index in [-0.39, 0.29) is 24.4 Å². The van der Waals surface area contributed by atoms with Crippen LogP contribution in [0.15, 0.2) is 16.8 Å². The lowest BCUT2D eigenvalue weighted by atomic mass is 9.94. The summed E-state index contributed by atoms with van der Waals surface area (Å²) in [5.74, 6) is -0.551. The van der Waals surface area contributed by atoms with E-state index in [0.717, 1.165) is 18.4 Å². The van der Waals surface area contributed by atoms with Gasteiger partial charge in [-0.15, -0.1) is 0 Å². The molecule has 20 heavy (non-hydrogen) atoms. The van der Waals surface area contributed by atoms with E-state index in [0.29, 0.717) is 13.1 Å². The highest BCUT2D eigenvalue weighted by atomic mass is 32.1. The first-order valence-electron chi connectivity index (χ1n) is 6.85. The summed E-state index contributed by atoms with van der Waals surface area (Å²) >= 11 is 1.62. The summed E-state index contributed by atoms with van der Waals surface area (Å²) in [5.41, 5.74) is 1.11. The van der Waals surface area contributed by atoms with Gasteiger partial charge in [0.2, 0.25) is 0 Å². The summed E-state index contributed by atoms with van der Waals surface area (Å²) < 4.78 is 0. The maximum absolute atomic E-state index is 12.1. The van der Waals surface area contributed by atoms with Gasteiger partial charge in [0.05, 0.1) is 6.04 Å². The molecular formula is C14H20N2O3S. The van der Waals surface area contributed by atoms with Gasteiger partial charge in [0.1, 0.15) is 0 Å². The number of urea groups is 1. The zero-order valence-electron chi connectivity index (χ0n) is 11.5. The van der Waals surface area contributed by atoms with Gasteiger partial charge in [-0.2, -0.15) is 11.3 Å². The van der Waals surface area contributed by atoms with Gasteiger partial charge >= 0.3 is 12.0 Å². The van der Waals surface area contributed by atoms with Gasteiger partial charge in [-0.3, -0.25) is 4.79 Å². The van der Waals surface area contributed by atoms with E-state index in [4.69, 9.17) is 5.11 Å². The van der Waals surface area contributed by atoms with Gasteiger partial charge in [0, 0.05) is 19.5 Å². The first-order valence-corrected chi connectivity index (χ1v) is 7.80. The molecule has 5 nitrogen and oxygen atoms in total. The third-order valence-electron chi connectivity index (χ3n) is 3.75. The van der Waals surface area contributed by atoms with Crippen LogP contribution in [0, 0.1) is 5.92 Å². The van der Waals surface area contributed by atoms with Crippen LogP contribution >= 0.6 is 11.3 Å². The SMILES string of the molecule is CC(NC(=O)N1CCC(CC(=O)O)CC1)c1ccsc1. The van der Waals surface area contributed by atoms with Crippen LogP contribution in [0.25, 0.3) is 0 Å². The van der Waals surface area contributed by atoms with E-state index in [1.54, 1.807) is 16.2 Å². The molecule has 0 radical (unpaired) electrons. The normalized spacial score (nSPS) is 17.8. The molecule has 1 aliphatic heterocycles. The number of likely N-dealkylation sites (tertiary alicyclic amines) is 1. The van der Waals surface area contributed by atoms with Crippen molar-refractivity contribution in [2.45, 2.75) is 32.2 Å². The van der Waals surface area contributed by atoms with E-state index >= 15 is 0 Å². The molecule has 2 amide bonds. The minimum atomic E-state index is -0.751. The first-order chi connectivity index (χ1) is 9.56. The molecule has 1 saturated heterocycles. The van der Waals surface area contributed by atoms with E-state index in [1.165, 1.54) is 0 Å². The van der Waals surface area contributed by atoms with Crippen molar-refractivity contribution in [3.63, 3.8) is 0 Å². The number of nitrogens with one attached hydrogen (secondary N) is 1. The minimum Gasteiger partial charge on any atom is -0.481 e. The molecule has 1 aromatic heterocycles. The summed E-state index contributed by atoms with van der Waals surface area (Å²) in [5, 5.41) is 15.8. The standard InChI is InChI=1S/C14H20N2O3S/c1-10(12-4-7-20-9-12)15-14(19)16-5-2-11(3-6-16)8-13(17)18/h4,7,9-11H,2-3,5-6,8H2,1H3,(H,15,19)(H,17,18). The highest BCUT2D eigenvalue weighted by Crippen LogP contribution is 2.21. The Morgan fingerprint density at radius 2 is 2.20 bits per heavy atom. The molecular weight excluding hydrogens is 276 g/mol. The first kappa shape index (κ1) is 14.8. The topological polar surface area (TPSA) is 69.6 Å². The fraction of sp³-hybridized carbons (Fsp3) is 0.571. The maximum atomic E-state index is 12.1. The zero-order valence-corrected chi connectivity index (χ0v) is 12.4. The van der Waals surface area contributed by atoms with Crippen molar-refractivity contribution >= 4 is 23.3 Å². The highest BCUT2D eigenvalue weighted by molar-refractivity contribution is 7.07. The molecule has 2 heterocycles. The molecule has 0 spiro atoms.